The Morgan fingerprint density at radius 3 is 2.00 bits per heavy atom. The number of hydrogen-bond donors (Lipinski definition) is 1. The first-order chi connectivity index (χ1) is 11.8. The quantitative estimate of drug-likeness (QED) is 0.764. The van der Waals surface area contributed by atoms with Gasteiger partial charge in [-0.2, -0.15) is 5.26 Å². The summed E-state index contributed by atoms with van der Waals surface area (Å²) >= 11 is 0. The number of rotatable bonds is 5. The monoisotopic (exact) mass is 354 g/mol. The van der Waals surface area contributed by atoms with Crippen molar-refractivity contribution in [2.45, 2.75) is 84.6 Å². The molecule has 25 heavy (non-hydrogen) atoms. The van der Waals surface area contributed by atoms with Crippen molar-refractivity contribution in [2.24, 2.45) is 5.41 Å². The van der Waals surface area contributed by atoms with Crippen LogP contribution in [0.15, 0.2) is 0 Å². The van der Waals surface area contributed by atoms with E-state index in [1.54, 1.807) is 6.92 Å². The molecular formula is C19H34N2O4. The van der Waals surface area contributed by atoms with Gasteiger partial charge < -0.3 is 19.5 Å². The number of hydrogen-bond acceptors (Lipinski definition) is 6. The number of nitriles is 1. The van der Waals surface area contributed by atoms with Crippen LogP contribution in [0.4, 0.5) is 0 Å². The van der Waals surface area contributed by atoms with Crippen LogP contribution in [0, 0.1) is 16.7 Å². The number of nitrogens with one attached hydrogen (secondary N) is 1. The van der Waals surface area contributed by atoms with Gasteiger partial charge in [-0.05, 0) is 19.8 Å². The van der Waals surface area contributed by atoms with E-state index < -0.39 is 11.2 Å². The van der Waals surface area contributed by atoms with Gasteiger partial charge in [-0.1, -0.05) is 27.7 Å². The van der Waals surface area contributed by atoms with Gasteiger partial charge >= 0.3 is 5.97 Å². The first-order valence-corrected chi connectivity index (χ1v) is 9.37. The highest BCUT2D eigenvalue weighted by Crippen LogP contribution is 2.47. The third-order valence-electron chi connectivity index (χ3n) is 4.58. The van der Waals surface area contributed by atoms with Gasteiger partial charge in [-0.15, -0.1) is 0 Å². The van der Waals surface area contributed by atoms with E-state index in [0.29, 0.717) is 57.6 Å². The molecule has 0 amide bonds. The molecule has 1 aliphatic heterocycles. The summed E-state index contributed by atoms with van der Waals surface area (Å²) in [4.78, 5) is 12.1. The van der Waals surface area contributed by atoms with E-state index >= 15 is 0 Å². The van der Waals surface area contributed by atoms with E-state index in [1.165, 1.54) is 0 Å². The molecule has 2 rings (SSSR count). The van der Waals surface area contributed by atoms with Crippen molar-refractivity contribution in [3.8, 4) is 6.07 Å². The lowest BCUT2D eigenvalue weighted by Crippen LogP contribution is -2.44. The molecule has 1 aliphatic carbocycles. The van der Waals surface area contributed by atoms with Crippen LogP contribution in [-0.4, -0.2) is 43.7 Å². The minimum atomic E-state index is -0.661. The van der Waals surface area contributed by atoms with E-state index in [0.717, 1.165) is 0 Å². The molecule has 6 nitrogen and oxygen atoms in total. The summed E-state index contributed by atoms with van der Waals surface area (Å²) in [5.41, 5.74) is -0.661. The fourth-order valence-corrected chi connectivity index (χ4v) is 3.45. The summed E-state index contributed by atoms with van der Waals surface area (Å²) in [7, 11) is 0. The summed E-state index contributed by atoms with van der Waals surface area (Å²) in [6.07, 6.45) is 2.72. The SMILES string of the molecule is CC(C)NC(C)C.CCOC(=O)C1(CC#N)CCC2(CC1)OCCO2. The van der Waals surface area contributed by atoms with Crippen molar-refractivity contribution < 1.29 is 19.0 Å². The maximum atomic E-state index is 12.1. The van der Waals surface area contributed by atoms with Gasteiger partial charge in [0, 0.05) is 24.9 Å². The molecule has 1 spiro atoms. The predicted molar refractivity (Wildman–Crippen MR) is 95.8 cm³/mol. The molecule has 0 aromatic heterocycles. The molecular weight excluding hydrogens is 320 g/mol. The van der Waals surface area contributed by atoms with Crippen LogP contribution < -0.4 is 5.32 Å². The van der Waals surface area contributed by atoms with Crippen molar-refractivity contribution in [1.82, 2.24) is 5.32 Å². The predicted octanol–water partition coefficient (Wildman–Crippen LogP) is 3.16. The van der Waals surface area contributed by atoms with Crippen LogP contribution in [0.1, 0.15) is 66.7 Å². The molecule has 6 heteroatoms. The van der Waals surface area contributed by atoms with Crippen molar-refractivity contribution in [1.29, 1.82) is 5.26 Å². The maximum Gasteiger partial charge on any atom is 0.313 e. The summed E-state index contributed by atoms with van der Waals surface area (Å²) in [6.45, 7) is 12.0. The highest BCUT2D eigenvalue weighted by atomic mass is 16.7. The van der Waals surface area contributed by atoms with Crippen molar-refractivity contribution in [2.75, 3.05) is 19.8 Å². The Morgan fingerprint density at radius 1 is 1.12 bits per heavy atom. The van der Waals surface area contributed by atoms with Gasteiger partial charge in [-0.25, -0.2) is 0 Å². The lowest BCUT2D eigenvalue weighted by Gasteiger charge is -2.40. The molecule has 0 atom stereocenters. The minimum absolute atomic E-state index is 0.210. The van der Waals surface area contributed by atoms with Gasteiger partial charge in [0.2, 0.25) is 0 Å². The van der Waals surface area contributed by atoms with Crippen molar-refractivity contribution in [3.63, 3.8) is 0 Å². The Labute approximate surface area is 152 Å². The lowest BCUT2D eigenvalue weighted by molar-refractivity contribution is -0.198. The Balaban J connectivity index is 0.000000381. The van der Waals surface area contributed by atoms with E-state index in [2.05, 4.69) is 39.1 Å². The second-order valence-corrected chi connectivity index (χ2v) is 7.42. The zero-order chi connectivity index (χ0) is 18.9. The van der Waals surface area contributed by atoms with Crippen LogP contribution in [0.25, 0.3) is 0 Å². The average Bonchev–Trinajstić information content (AvgIpc) is 2.98. The number of carbonyl (C=O) groups is 1. The molecule has 1 N–H and O–H groups in total. The van der Waals surface area contributed by atoms with Gasteiger partial charge in [0.1, 0.15) is 0 Å². The van der Waals surface area contributed by atoms with E-state index in [9.17, 15) is 4.79 Å². The summed E-state index contributed by atoms with van der Waals surface area (Å²) in [6, 6.07) is 3.36. The first kappa shape index (κ1) is 21.9. The van der Waals surface area contributed by atoms with Gasteiger partial charge in [-0.3, -0.25) is 4.79 Å². The molecule has 1 saturated heterocycles. The van der Waals surface area contributed by atoms with E-state index in [4.69, 9.17) is 19.5 Å². The summed E-state index contributed by atoms with van der Waals surface area (Å²) < 4.78 is 16.4. The fourth-order valence-electron chi connectivity index (χ4n) is 3.45. The summed E-state index contributed by atoms with van der Waals surface area (Å²) in [5, 5.41) is 12.2. The maximum absolute atomic E-state index is 12.1. The molecule has 2 fully saturated rings. The fraction of sp³-hybridized carbons (Fsp3) is 0.895. The topological polar surface area (TPSA) is 80.6 Å². The zero-order valence-corrected chi connectivity index (χ0v) is 16.4. The minimum Gasteiger partial charge on any atom is -0.466 e. The van der Waals surface area contributed by atoms with Crippen LogP contribution in [0.5, 0.6) is 0 Å². The zero-order valence-electron chi connectivity index (χ0n) is 16.4. The second kappa shape index (κ2) is 10.1. The van der Waals surface area contributed by atoms with Crippen LogP contribution >= 0.6 is 0 Å². The highest BCUT2D eigenvalue weighted by molar-refractivity contribution is 5.77. The normalized spacial score (nSPS) is 20.9. The highest BCUT2D eigenvalue weighted by Gasteiger charge is 2.50. The Hall–Kier alpha value is -1.16. The van der Waals surface area contributed by atoms with Gasteiger partial charge in [0.05, 0.1) is 37.7 Å². The Kier molecular flexibility index (Phi) is 8.84. The number of carbonyl (C=O) groups excluding carboxylic acids is 1. The van der Waals surface area contributed by atoms with Crippen molar-refractivity contribution >= 4 is 5.97 Å². The third-order valence-corrected chi connectivity index (χ3v) is 4.58. The second-order valence-electron chi connectivity index (χ2n) is 7.42. The molecule has 1 saturated carbocycles. The number of esters is 1. The molecule has 0 bridgehead atoms. The van der Waals surface area contributed by atoms with Gasteiger partial charge in [0.25, 0.3) is 0 Å². The van der Waals surface area contributed by atoms with Crippen LogP contribution in [-0.2, 0) is 19.0 Å². The van der Waals surface area contributed by atoms with Gasteiger partial charge in [0.15, 0.2) is 5.79 Å². The Bertz CT molecular complexity index is 435. The number of nitrogens with zero attached hydrogens (tertiary/aromatic N) is 1. The van der Waals surface area contributed by atoms with E-state index in [-0.39, 0.29) is 12.4 Å². The molecule has 0 aromatic carbocycles. The summed E-state index contributed by atoms with van der Waals surface area (Å²) in [5.74, 6) is -0.759. The van der Waals surface area contributed by atoms with E-state index in [1.807, 2.05) is 0 Å². The smallest absolute Gasteiger partial charge is 0.313 e. The van der Waals surface area contributed by atoms with Crippen LogP contribution in [0.2, 0.25) is 0 Å². The van der Waals surface area contributed by atoms with Crippen molar-refractivity contribution in [3.05, 3.63) is 0 Å². The third kappa shape index (κ3) is 6.58. The van der Waals surface area contributed by atoms with Crippen LogP contribution in [0.3, 0.4) is 0 Å². The number of ether oxygens (including phenoxy) is 3. The molecule has 2 aliphatic rings. The largest absolute Gasteiger partial charge is 0.466 e. The molecule has 0 unspecified atom stereocenters. The molecule has 144 valence electrons. The molecule has 0 radical (unpaired) electrons. The Morgan fingerprint density at radius 2 is 1.64 bits per heavy atom. The standard InChI is InChI=1S/C13H19NO4.C6H15N/c1-2-16-11(15)12(7-8-14)3-5-13(6-4-12)17-9-10-18-13;1-5(2)7-6(3)4/h2-7,9-10H2,1H3;5-7H,1-4H3. The first-order valence-electron chi connectivity index (χ1n) is 9.37. The average molecular weight is 354 g/mol. The molecule has 0 aromatic rings. The molecule has 1 heterocycles. The lowest BCUT2D eigenvalue weighted by atomic mass is 9.70.